The van der Waals surface area contributed by atoms with E-state index < -0.39 is 5.97 Å². The Balaban J connectivity index is 0.000000238. The molecule has 0 aliphatic heterocycles. The van der Waals surface area contributed by atoms with Crippen molar-refractivity contribution in [2.45, 2.75) is 40.3 Å². The normalized spacial score (nSPS) is 10.1. The summed E-state index contributed by atoms with van der Waals surface area (Å²) in [6.07, 6.45) is 10.9. The molecule has 0 fully saturated rings. The second-order valence-electron chi connectivity index (χ2n) is 14.2. The highest BCUT2D eigenvalue weighted by molar-refractivity contribution is 5.99. The van der Waals surface area contributed by atoms with Gasteiger partial charge in [0.2, 0.25) is 0 Å². The molecule has 0 saturated carbocycles. The zero-order valence-corrected chi connectivity index (χ0v) is 35.0. The highest BCUT2D eigenvalue weighted by Crippen LogP contribution is 2.36. The number of carboxylic acid groups (broad SMARTS) is 1. The fourth-order valence-corrected chi connectivity index (χ4v) is 6.13. The molecule has 62 heavy (non-hydrogen) atoms. The Morgan fingerprint density at radius 2 is 0.790 bits per heavy atom. The molecule has 1 N–H and O–H groups in total. The summed E-state index contributed by atoms with van der Waals surface area (Å²) in [6.45, 7) is 13.2. The van der Waals surface area contributed by atoms with Crippen molar-refractivity contribution in [3.05, 3.63) is 203 Å². The number of benzene rings is 6. The molecular weight excluding hydrogens is 775 g/mol. The van der Waals surface area contributed by atoms with E-state index in [0.29, 0.717) is 47.2 Å². The number of aromatic carboxylic acids is 1. The van der Waals surface area contributed by atoms with Crippen molar-refractivity contribution < 1.29 is 33.6 Å². The second-order valence-corrected chi connectivity index (χ2v) is 14.2. The van der Waals surface area contributed by atoms with Gasteiger partial charge in [0.25, 0.3) is 5.91 Å². The van der Waals surface area contributed by atoms with Gasteiger partial charge >= 0.3 is 5.97 Å². The average molecular weight is 824 g/mol. The van der Waals surface area contributed by atoms with E-state index in [2.05, 4.69) is 25.0 Å². The van der Waals surface area contributed by atoms with Gasteiger partial charge in [-0.15, -0.1) is 12.8 Å². The number of terminal acetylenes is 2. The fraction of sp³-hybridized carbons (Fsp3) is 0.148. The first-order valence-corrected chi connectivity index (χ1v) is 19.8. The van der Waals surface area contributed by atoms with Gasteiger partial charge in [-0.3, -0.25) is 4.79 Å². The van der Waals surface area contributed by atoms with Crippen LogP contribution in [0.1, 0.15) is 67.9 Å². The Kier molecular flexibility index (Phi) is 16.8. The van der Waals surface area contributed by atoms with Gasteiger partial charge < -0.3 is 29.0 Å². The molecule has 0 bridgehead atoms. The molecule has 1 amide bonds. The molecule has 0 unspecified atom stereocenters. The predicted molar refractivity (Wildman–Crippen MR) is 246 cm³/mol. The maximum Gasteiger partial charge on any atom is 0.339 e. The number of amides is 1. The van der Waals surface area contributed by atoms with Crippen molar-refractivity contribution in [3.8, 4) is 47.7 Å². The molecule has 0 aliphatic rings. The number of carbonyl (C=O) groups is 2. The van der Waals surface area contributed by atoms with E-state index in [4.69, 9.17) is 31.8 Å². The van der Waals surface area contributed by atoms with Gasteiger partial charge in [0.15, 0.2) is 0 Å². The van der Waals surface area contributed by atoms with E-state index in [1.54, 1.807) is 24.3 Å². The minimum Gasteiger partial charge on any atom is -0.488 e. The number of rotatable bonds is 18. The SMILES string of the molecule is C#CCN(CC#C)C(=O)c1cc(C(=C)C)c(OCc2ccccc2)cc1OCc1ccccc1.C=C(C)c1cc(C(=O)O)c(OCc2ccccc2)cc1OCc1ccccc1. The standard InChI is InChI=1S/C30H27NO3.C24H22O4/c1-5-17-31(18-6-2)30(32)27-19-26(23(3)4)28(33-21-24-13-9-7-10-14-24)20-29(27)34-22-25-15-11-8-12-16-25;1-17(2)20-13-21(24(25)26)23(28-16-19-11-7-4-8-12-19)14-22(20)27-15-18-9-5-3-6-10-18/h1-2,7-16,19-20H,3,17-18,21-22H2,4H3;3-14H,1,15-16H2,2H3,(H,25,26). The predicted octanol–water partition coefficient (Wildman–Crippen LogP) is 11.2. The van der Waals surface area contributed by atoms with E-state index in [0.717, 1.165) is 33.4 Å². The van der Waals surface area contributed by atoms with Gasteiger partial charge in [-0.05, 0) is 59.4 Å². The molecule has 6 aromatic carbocycles. The number of ether oxygens (including phenoxy) is 4. The molecule has 6 rings (SSSR count). The average Bonchev–Trinajstić information content (AvgIpc) is 3.29. The lowest BCUT2D eigenvalue weighted by molar-refractivity contribution is 0.0690. The van der Waals surface area contributed by atoms with E-state index in [1.807, 2.05) is 135 Å². The Bertz CT molecular complexity index is 2450. The van der Waals surface area contributed by atoms with Gasteiger partial charge in [-0.2, -0.15) is 0 Å². The van der Waals surface area contributed by atoms with Crippen molar-refractivity contribution in [2.75, 3.05) is 13.1 Å². The van der Waals surface area contributed by atoms with Crippen LogP contribution in [0.2, 0.25) is 0 Å². The Hall–Kier alpha value is -7.94. The number of allylic oxidation sites excluding steroid dienone is 2. The highest BCUT2D eigenvalue weighted by Gasteiger charge is 2.23. The van der Waals surface area contributed by atoms with Crippen molar-refractivity contribution >= 4 is 23.0 Å². The van der Waals surface area contributed by atoms with Crippen LogP contribution in [0.15, 0.2) is 159 Å². The number of nitrogens with zero attached hydrogens (tertiary/aromatic N) is 1. The lowest BCUT2D eigenvalue weighted by Gasteiger charge is -2.22. The first-order valence-electron chi connectivity index (χ1n) is 19.8. The third-order valence-corrected chi connectivity index (χ3v) is 9.34. The molecular formula is C54H49NO7. The lowest BCUT2D eigenvalue weighted by atomic mass is 10.0. The Morgan fingerprint density at radius 1 is 0.500 bits per heavy atom. The van der Waals surface area contributed by atoms with Gasteiger partial charge in [0, 0.05) is 23.3 Å². The largest absolute Gasteiger partial charge is 0.488 e. The Labute approximate surface area is 364 Å². The summed E-state index contributed by atoms with van der Waals surface area (Å²) in [5.74, 6) is 5.41. The van der Waals surface area contributed by atoms with E-state index >= 15 is 0 Å². The van der Waals surface area contributed by atoms with Crippen LogP contribution in [0.3, 0.4) is 0 Å². The van der Waals surface area contributed by atoms with Crippen LogP contribution in [0, 0.1) is 24.7 Å². The quantitative estimate of drug-likeness (QED) is 0.0863. The first kappa shape index (κ1) is 45.1. The molecule has 6 aromatic rings. The Morgan fingerprint density at radius 3 is 1.08 bits per heavy atom. The van der Waals surface area contributed by atoms with Crippen LogP contribution in [0.4, 0.5) is 0 Å². The van der Waals surface area contributed by atoms with Crippen molar-refractivity contribution in [1.82, 2.24) is 4.90 Å². The number of hydrogen-bond donors (Lipinski definition) is 1. The summed E-state index contributed by atoms with van der Waals surface area (Å²) in [6, 6.07) is 45.6. The van der Waals surface area contributed by atoms with E-state index in [9.17, 15) is 14.7 Å². The summed E-state index contributed by atoms with van der Waals surface area (Å²) < 4.78 is 24.1. The van der Waals surface area contributed by atoms with E-state index in [1.165, 1.54) is 4.90 Å². The monoisotopic (exact) mass is 823 g/mol. The van der Waals surface area contributed by atoms with Crippen LogP contribution >= 0.6 is 0 Å². The van der Waals surface area contributed by atoms with Crippen LogP contribution in [0.5, 0.6) is 23.0 Å². The van der Waals surface area contributed by atoms with Crippen LogP contribution in [0.25, 0.3) is 11.1 Å². The third-order valence-electron chi connectivity index (χ3n) is 9.34. The number of carbonyl (C=O) groups excluding carboxylic acids is 1. The summed E-state index contributed by atoms with van der Waals surface area (Å²) in [5, 5.41) is 9.62. The van der Waals surface area contributed by atoms with Crippen molar-refractivity contribution in [1.29, 1.82) is 0 Å². The zero-order chi connectivity index (χ0) is 44.3. The molecule has 0 saturated heterocycles. The molecule has 0 aromatic heterocycles. The van der Waals surface area contributed by atoms with Crippen LogP contribution in [-0.2, 0) is 26.4 Å². The molecule has 0 aliphatic carbocycles. The van der Waals surface area contributed by atoms with Gasteiger partial charge in [-0.1, -0.05) is 146 Å². The minimum atomic E-state index is -1.06. The molecule has 312 valence electrons. The minimum absolute atomic E-state index is 0.0843. The molecule has 0 radical (unpaired) electrons. The molecule has 0 heterocycles. The summed E-state index contributed by atoms with van der Waals surface area (Å²) in [5.41, 5.74) is 7.25. The summed E-state index contributed by atoms with van der Waals surface area (Å²) in [4.78, 5) is 26.6. The maximum atomic E-state index is 13.4. The third kappa shape index (κ3) is 13.0. The fourth-order valence-electron chi connectivity index (χ4n) is 6.13. The molecule has 0 atom stereocenters. The maximum absolute atomic E-state index is 13.4. The van der Waals surface area contributed by atoms with Crippen molar-refractivity contribution in [2.24, 2.45) is 0 Å². The summed E-state index contributed by atoms with van der Waals surface area (Å²) in [7, 11) is 0. The molecule has 8 heteroatoms. The van der Waals surface area contributed by atoms with E-state index in [-0.39, 0.29) is 43.5 Å². The van der Waals surface area contributed by atoms with Gasteiger partial charge in [-0.25, -0.2) is 4.79 Å². The number of carboxylic acids is 1. The smallest absolute Gasteiger partial charge is 0.339 e. The van der Waals surface area contributed by atoms with Gasteiger partial charge in [0.05, 0.1) is 18.7 Å². The molecule has 8 nitrogen and oxygen atoms in total. The molecule has 0 spiro atoms. The second kappa shape index (κ2) is 23.0. The highest BCUT2D eigenvalue weighted by atomic mass is 16.5. The number of hydrogen-bond acceptors (Lipinski definition) is 6. The van der Waals surface area contributed by atoms with Gasteiger partial charge in [0.1, 0.15) is 55.0 Å². The van der Waals surface area contributed by atoms with Crippen LogP contribution < -0.4 is 18.9 Å². The zero-order valence-electron chi connectivity index (χ0n) is 35.0. The topological polar surface area (TPSA) is 94.5 Å². The summed E-state index contributed by atoms with van der Waals surface area (Å²) >= 11 is 0. The first-order chi connectivity index (χ1) is 30.1. The lowest BCUT2D eigenvalue weighted by Crippen LogP contribution is -2.32. The van der Waals surface area contributed by atoms with Crippen molar-refractivity contribution in [3.63, 3.8) is 0 Å². The van der Waals surface area contributed by atoms with Crippen LogP contribution in [-0.4, -0.2) is 35.0 Å².